The highest BCUT2D eigenvalue weighted by Gasteiger charge is 2.18. The number of para-hydroxylation sites is 1. The summed E-state index contributed by atoms with van der Waals surface area (Å²) in [6, 6.07) is 13.8. The van der Waals surface area contributed by atoms with Crippen molar-refractivity contribution in [2.24, 2.45) is 0 Å². The fourth-order valence-electron chi connectivity index (χ4n) is 3.10. The van der Waals surface area contributed by atoms with Crippen LogP contribution in [-0.4, -0.2) is 36.4 Å². The van der Waals surface area contributed by atoms with Gasteiger partial charge in [-0.1, -0.05) is 42.6 Å². The van der Waals surface area contributed by atoms with E-state index in [1.807, 2.05) is 4.90 Å². The van der Waals surface area contributed by atoms with Crippen LogP contribution in [0.25, 0.3) is 0 Å². The minimum absolute atomic E-state index is 0.0399. The van der Waals surface area contributed by atoms with E-state index in [1.54, 1.807) is 48.5 Å². The van der Waals surface area contributed by atoms with Gasteiger partial charge in [0.1, 0.15) is 5.75 Å². The Morgan fingerprint density at radius 2 is 1.74 bits per heavy atom. The average molecular weight is 387 g/mol. The van der Waals surface area contributed by atoms with Crippen LogP contribution in [0.4, 0.5) is 5.69 Å². The molecule has 3 rings (SSSR count). The molecule has 5 nitrogen and oxygen atoms in total. The number of rotatable bonds is 5. The maximum absolute atomic E-state index is 12.6. The SMILES string of the molecule is O=C(Nc1cccc(Cl)c1)c1ccccc1OCC(=O)N1CCCCCC1. The highest BCUT2D eigenvalue weighted by atomic mass is 35.5. The average Bonchev–Trinajstić information content (AvgIpc) is 2.96. The minimum atomic E-state index is -0.310. The molecular weight excluding hydrogens is 364 g/mol. The summed E-state index contributed by atoms with van der Waals surface area (Å²) in [6.07, 6.45) is 4.39. The zero-order chi connectivity index (χ0) is 19.1. The maximum Gasteiger partial charge on any atom is 0.260 e. The van der Waals surface area contributed by atoms with Crippen LogP contribution in [0.5, 0.6) is 5.75 Å². The van der Waals surface area contributed by atoms with Crippen LogP contribution in [0, 0.1) is 0 Å². The molecule has 27 heavy (non-hydrogen) atoms. The first-order chi connectivity index (χ1) is 13.1. The van der Waals surface area contributed by atoms with Crippen LogP contribution in [0.3, 0.4) is 0 Å². The van der Waals surface area contributed by atoms with E-state index in [0.29, 0.717) is 22.0 Å². The van der Waals surface area contributed by atoms with E-state index in [2.05, 4.69) is 5.32 Å². The highest BCUT2D eigenvalue weighted by molar-refractivity contribution is 6.31. The van der Waals surface area contributed by atoms with Crippen LogP contribution >= 0.6 is 11.6 Å². The van der Waals surface area contributed by atoms with Gasteiger partial charge in [0.25, 0.3) is 11.8 Å². The van der Waals surface area contributed by atoms with Crippen molar-refractivity contribution < 1.29 is 14.3 Å². The number of halogens is 1. The van der Waals surface area contributed by atoms with Crippen LogP contribution in [0.2, 0.25) is 5.02 Å². The molecule has 6 heteroatoms. The van der Waals surface area contributed by atoms with E-state index in [0.717, 1.165) is 38.8 Å². The largest absolute Gasteiger partial charge is 0.483 e. The van der Waals surface area contributed by atoms with Crippen LogP contribution in [-0.2, 0) is 4.79 Å². The number of hydrogen-bond donors (Lipinski definition) is 1. The molecule has 1 N–H and O–H groups in total. The lowest BCUT2D eigenvalue weighted by atomic mass is 10.2. The predicted molar refractivity (Wildman–Crippen MR) is 106 cm³/mol. The molecule has 0 spiro atoms. The number of benzene rings is 2. The fourth-order valence-corrected chi connectivity index (χ4v) is 3.29. The van der Waals surface area contributed by atoms with E-state index < -0.39 is 0 Å². The minimum Gasteiger partial charge on any atom is -0.483 e. The molecule has 0 bridgehead atoms. The highest BCUT2D eigenvalue weighted by Crippen LogP contribution is 2.21. The molecule has 1 aliphatic rings. The molecule has 0 radical (unpaired) electrons. The van der Waals surface area contributed by atoms with Crippen molar-refractivity contribution in [2.45, 2.75) is 25.7 Å². The topological polar surface area (TPSA) is 58.6 Å². The Balaban J connectivity index is 1.64. The standard InChI is InChI=1S/C21H23ClN2O3/c22-16-8-7-9-17(14-16)23-21(26)18-10-3-4-11-19(18)27-15-20(25)24-12-5-1-2-6-13-24/h3-4,7-11,14H,1-2,5-6,12-13,15H2,(H,23,26). The third kappa shape index (κ3) is 5.47. The van der Waals surface area contributed by atoms with E-state index in [9.17, 15) is 9.59 Å². The van der Waals surface area contributed by atoms with Gasteiger partial charge in [0, 0.05) is 23.8 Å². The molecule has 1 fully saturated rings. The Morgan fingerprint density at radius 3 is 2.48 bits per heavy atom. The lowest BCUT2D eigenvalue weighted by Gasteiger charge is -2.20. The monoisotopic (exact) mass is 386 g/mol. The molecular formula is C21H23ClN2O3. The summed E-state index contributed by atoms with van der Waals surface area (Å²) in [5, 5.41) is 3.34. The van der Waals surface area contributed by atoms with E-state index >= 15 is 0 Å². The van der Waals surface area contributed by atoms with Crippen LogP contribution in [0.15, 0.2) is 48.5 Å². The first-order valence-electron chi connectivity index (χ1n) is 9.20. The summed E-state index contributed by atoms with van der Waals surface area (Å²) in [7, 11) is 0. The molecule has 142 valence electrons. The summed E-state index contributed by atoms with van der Waals surface area (Å²) in [5.74, 6) is 0.0391. The number of ether oxygens (including phenoxy) is 1. The fraction of sp³-hybridized carbons (Fsp3) is 0.333. The smallest absolute Gasteiger partial charge is 0.260 e. The van der Waals surface area contributed by atoms with Gasteiger partial charge in [0.15, 0.2) is 6.61 Å². The molecule has 2 aromatic rings. The molecule has 0 aliphatic carbocycles. The summed E-state index contributed by atoms with van der Waals surface area (Å²) < 4.78 is 5.70. The number of amides is 2. The summed E-state index contributed by atoms with van der Waals surface area (Å²) in [5.41, 5.74) is 0.976. The van der Waals surface area contributed by atoms with Crippen molar-refractivity contribution in [3.8, 4) is 5.75 Å². The third-order valence-corrected chi connectivity index (χ3v) is 4.76. The van der Waals surface area contributed by atoms with E-state index in [1.165, 1.54) is 0 Å². The lowest BCUT2D eigenvalue weighted by molar-refractivity contribution is -0.133. The van der Waals surface area contributed by atoms with Gasteiger partial charge in [0.05, 0.1) is 5.56 Å². The molecule has 0 unspecified atom stereocenters. The number of carbonyl (C=O) groups excluding carboxylic acids is 2. The summed E-state index contributed by atoms with van der Waals surface area (Å²) >= 11 is 5.96. The molecule has 2 amide bonds. The van der Waals surface area contributed by atoms with Crippen molar-refractivity contribution in [3.05, 3.63) is 59.1 Å². The zero-order valence-electron chi connectivity index (χ0n) is 15.1. The van der Waals surface area contributed by atoms with Crippen LogP contribution < -0.4 is 10.1 Å². The second-order valence-electron chi connectivity index (χ2n) is 6.54. The Hall–Kier alpha value is -2.53. The van der Waals surface area contributed by atoms with Crippen molar-refractivity contribution in [3.63, 3.8) is 0 Å². The van der Waals surface area contributed by atoms with Gasteiger partial charge in [-0.05, 0) is 43.2 Å². The Morgan fingerprint density at radius 1 is 1.00 bits per heavy atom. The van der Waals surface area contributed by atoms with Gasteiger partial charge >= 0.3 is 0 Å². The number of nitrogens with zero attached hydrogens (tertiary/aromatic N) is 1. The number of anilines is 1. The first-order valence-corrected chi connectivity index (χ1v) is 9.58. The second-order valence-corrected chi connectivity index (χ2v) is 6.98. The van der Waals surface area contributed by atoms with Gasteiger partial charge in [-0.2, -0.15) is 0 Å². The molecule has 0 atom stereocenters. The van der Waals surface area contributed by atoms with Crippen LogP contribution in [0.1, 0.15) is 36.0 Å². The van der Waals surface area contributed by atoms with Crippen molar-refractivity contribution in [1.29, 1.82) is 0 Å². The Bertz CT molecular complexity index is 802. The van der Waals surface area contributed by atoms with E-state index in [-0.39, 0.29) is 18.4 Å². The maximum atomic E-state index is 12.6. The third-order valence-electron chi connectivity index (χ3n) is 4.52. The van der Waals surface area contributed by atoms with Gasteiger partial charge in [-0.25, -0.2) is 0 Å². The predicted octanol–water partition coefficient (Wildman–Crippen LogP) is 4.37. The van der Waals surface area contributed by atoms with Gasteiger partial charge < -0.3 is 15.0 Å². The number of carbonyl (C=O) groups is 2. The van der Waals surface area contributed by atoms with Gasteiger partial charge in [-0.15, -0.1) is 0 Å². The number of likely N-dealkylation sites (tertiary alicyclic amines) is 1. The Kier molecular flexibility index (Phi) is 6.71. The zero-order valence-corrected chi connectivity index (χ0v) is 15.9. The quantitative estimate of drug-likeness (QED) is 0.829. The summed E-state index contributed by atoms with van der Waals surface area (Å²) in [4.78, 5) is 26.9. The first kappa shape index (κ1) is 19.2. The van der Waals surface area contributed by atoms with Crippen molar-refractivity contribution >= 4 is 29.1 Å². The van der Waals surface area contributed by atoms with Crippen molar-refractivity contribution in [2.75, 3.05) is 25.0 Å². The molecule has 2 aromatic carbocycles. The molecule has 0 aromatic heterocycles. The number of nitrogens with one attached hydrogen (secondary N) is 1. The number of hydrogen-bond acceptors (Lipinski definition) is 3. The van der Waals surface area contributed by atoms with Gasteiger partial charge in [-0.3, -0.25) is 9.59 Å². The normalized spacial score (nSPS) is 14.3. The van der Waals surface area contributed by atoms with Gasteiger partial charge in [0.2, 0.25) is 0 Å². The van der Waals surface area contributed by atoms with E-state index in [4.69, 9.17) is 16.3 Å². The van der Waals surface area contributed by atoms with Crippen molar-refractivity contribution in [1.82, 2.24) is 4.90 Å². The summed E-state index contributed by atoms with van der Waals surface area (Å²) in [6.45, 7) is 1.49. The molecule has 1 aliphatic heterocycles. The Labute approximate surface area is 164 Å². The second kappa shape index (κ2) is 9.42. The molecule has 1 saturated heterocycles. The molecule has 1 heterocycles. The lowest BCUT2D eigenvalue weighted by Crippen LogP contribution is -2.35. The molecule has 0 saturated carbocycles.